The quantitative estimate of drug-likeness (QED) is 0.573. The van der Waals surface area contributed by atoms with Crippen LogP contribution in [0.1, 0.15) is 5.56 Å². The lowest BCUT2D eigenvalue weighted by Crippen LogP contribution is -1.96. The molecule has 0 saturated heterocycles. The number of aromatic nitrogens is 3. The Balaban J connectivity index is 2.28. The highest BCUT2D eigenvalue weighted by Gasteiger charge is 2.09. The molecule has 0 spiro atoms. The summed E-state index contributed by atoms with van der Waals surface area (Å²) in [6.45, 7) is 0. The number of nitrogen functional groups attached to an aromatic ring is 2. The van der Waals surface area contributed by atoms with Gasteiger partial charge in [0.25, 0.3) is 0 Å². The van der Waals surface area contributed by atoms with Gasteiger partial charge in [-0.25, -0.2) is 4.98 Å². The van der Waals surface area contributed by atoms with Crippen molar-refractivity contribution in [3.05, 3.63) is 36.0 Å². The van der Waals surface area contributed by atoms with E-state index in [1.807, 2.05) is 24.3 Å². The molecular formula is C14H11N5. The molecule has 5 nitrogen and oxygen atoms in total. The molecule has 19 heavy (non-hydrogen) atoms. The zero-order chi connectivity index (χ0) is 13.4. The van der Waals surface area contributed by atoms with Crippen LogP contribution >= 0.6 is 0 Å². The van der Waals surface area contributed by atoms with Crippen LogP contribution in [0.2, 0.25) is 0 Å². The average Bonchev–Trinajstić information content (AvgIpc) is 2.80. The summed E-state index contributed by atoms with van der Waals surface area (Å²) in [5, 5.41) is 7.68. The number of hydrogen-bond acceptors (Lipinski definition) is 4. The Morgan fingerprint density at radius 3 is 2.79 bits per heavy atom. The molecule has 92 valence electrons. The Hall–Kier alpha value is -3.00. The van der Waals surface area contributed by atoms with E-state index in [0.717, 1.165) is 22.0 Å². The number of rotatable bonds is 1. The van der Waals surface area contributed by atoms with E-state index in [0.29, 0.717) is 17.2 Å². The second-order valence-electron chi connectivity index (χ2n) is 4.13. The highest BCUT2D eigenvalue weighted by atomic mass is 15.1. The van der Waals surface area contributed by atoms with E-state index in [9.17, 15) is 0 Å². The van der Waals surface area contributed by atoms with E-state index in [-0.39, 0.29) is 0 Å². The minimum absolute atomic E-state index is 0.347. The van der Waals surface area contributed by atoms with Gasteiger partial charge in [-0.05, 0) is 23.8 Å². The summed E-state index contributed by atoms with van der Waals surface area (Å²) in [4.78, 5) is 4.00. The van der Waals surface area contributed by atoms with Crippen LogP contribution in [0.3, 0.4) is 0 Å². The third-order valence-electron chi connectivity index (χ3n) is 3.03. The molecule has 0 radical (unpaired) electrons. The van der Waals surface area contributed by atoms with Crippen molar-refractivity contribution in [1.29, 1.82) is 0 Å². The summed E-state index contributed by atoms with van der Waals surface area (Å²) in [5.41, 5.74) is 14.9. The predicted molar refractivity (Wildman–Crippen MR) is 76.1 cm³/mol. The van der Waals surface area contributed by atoms with Crippen LogP contribution < -0.4 is 11.5 Å². The van der Waals surface area contributed by atoms with Gasteiger partial charge in [0.15, 0.2) is 5.82 Å². The lowest BCUT2D eigenvalue weighted by atomic mass is 10.00. The Kier molecular flexibility index (Phi) is 2.36. The van der Waals surface area contributed by atoms with Gasteiger partial charge in [0.05, 0.1) is 11.1 Å². The van der Waals surface area contributed by atoms with Crippen molar-refractivity contribution in [2.24, 2.45) is 0 Å². The molecule has 0 unspecified atom stereocenters. The van der Waals surface area contributed by atoms with Crippen LogP contribution in [0.25, 0.3) is 22.0 Å². The van der Waals surface area contributed by atoms with Crippen LogP contribution in [-0.4, -0.2) is 15.2 Å². The van der Waals surface area contributed by atoms with E-state index >= 15 is 0 Å². The highest BCUT2D eigenvalue weighted by Crippen LogP contribution is 2.29. The van der Waals surface area contributed by atoms with E-state index in [2.05, 4.69) is 21.1 Å². The molecule has 1 aromatic carbocycles. The van der Waals surface area contributed by atoms with Crippen LogP contribution in [0, 0.1) is 12.3 Å². The SMILES string of the molecule is C#Cc1c(-c2ccc3[nH]nc(N)c3c2)ccnc1N. The number of nitrogens with zero attached hydrogens (tertiary/aromatic N) is 2. The standard InChI is InChI=1S/C14H11N5/c1-2-9-10(5-6-17-13(9)15)8-3-4-12-11(7-8)14(16)19-18-12/h1,3-7H,(H2,15,17)(H3,16,18,19). The fraction of sp³-hybridized carbons (Fsp3) is 0. The maximum absolute atomic E-state index is 5.80. The van der Waals surface area contributed by atoms with Crippen molar-refractivity contribution in [2.45, 2.75) is 0 Å². The number of aromatic amines is 1. The maximum atomic E-state index is 5.80. The van der Waals surface area contributed by atoms with Crippen LogP contribution in [-0.2, 0) is 0 Å². The van der Waals surface area contributed by atoms with E-state index < -0.39 is 0 Å². The monoisotopic (exact) mass is 249 g/mol. The van der Waals surface area contributed by atoms with Crippen LogP contribution in [0.4, 0.5) is 11.6 Å². The van der Waals surface area contributed by atoms with Gasteiger partial charge < -0.3 is 11.5 Å². The molecule has 0 amide bonds. The number of nitrogens with two attached hydrogens (primary N) is 2. The smallest absolute Gasteiger partial charge is 0.153 e. The molecule has 0 bridgehead atoms. The molecule has 0 aliphatic heterocycles. The normalized spacial score (nSPS) is 10.5. The molecule has 2 aromatic heterocycles. The first kappa shape index (κ1) is 11.1. The van der Waals surface area contributed by atoms with Gasteiger partial charge in [0.1, 0.15) is 5.82 Å². The number of fused-ring (bicyclic) bond motifs is 1. The molecule has 3 rings (SSSR count). The largest absolute Gasteiger partial charge is 0.383 e. The van der Waals surface area contributed by atoms with Gasteiger partial charge in [0.2, 0.25) is 0 Å². The Morgan fingerprint density at radius 1 is 1.16 bits per heavy atom. The number of terminal acetylenes is 1. The zero-order valence-electron chi connectivity index (χ0n) is 10.0. The average molecular weight is 249 g/mol. The molecule has 0 fully saturated rings. The predicted octanol–water partition coefficient (Wildman–Crippen LogP) is 1.77. The Morgan fingerprint density at radius 2 is 2.00 bits per heavy atom. The van der Waals surface area contributed by atoms with E-state index in [4.69, 9.17) is 17.9 Å². The molecule has 2 heterocycles. The summed E-state index contributed by atoms with van der Waals surface area (Å²) >= 11 is 0. The van der Waals surface area contributed by atoms with Crippen molar-refractivity contribution in [3.8, 4) is 23.5 Å². The van der Waals surface area contributed by atoms with Gasteiger partial charge in [-0.2, -0.15) is 5.10 Å². The third kappa shape index (κ3) is 1.67. The molecule has 0 saturated carbocycles. The molecule has 5 heteroatoms. The number of anilines is 2. The van der Waals surface area contributed by atoms with Crippen molar-refractivity contribution in [2.75, 3.05) is 11.5 Å². The van der Waals surface area contributed by atoms with Crippen LogP contribution in [0.15, 0.2) is 30.5 Å². The summed E-state index contributed by atoms with van der Waals surface area (Å²) < 4.78 is 0. The first-order chi connectivity index (χ1) is 9.20. The lowest BCUT2D eigenvalue weighted by Gasteiger charge is -2.07. The van der Waals surface area contributed by atoms with Crippen molar-refractivity contribution in [1.82, 2.24) is 15.2 Å². The van der Waals surface area contributed by atoms with Gasteiger partial charge >= 0.3 is 0 Å². The minimum atomic E-state index is 0.347. The summed E-state index contributed by atoms with van der Waals surface area (Å²) in [5.74, 6) is 3.38. The van der Waals surface area contributed by atoms with Gasteiger partial charge in [-0.3, -0.25) is 5.10 Å². The first-order valence-corrected chi connectivity index (χ1v) is 5.66. The summed E-state index contributed by atoms with van der Waals surface area (Å²) in [6.07, 6.45) is 7.13. The number of nitrogens with one attached hydrogen (secondary N) is 1. The number of hydrogen-bond donors (Lipinski definition) is 3. The van der Waals surface area contributed by atoms with Gasteiger partial charge in [-0.15, -0.1) is 6.42 Å². The summed E-state index contributed by atoms with van der Waals surface area (Å²) in [6, 6.07) is 7.62. The van der Waals surface area contributed by atoms with Gasteiger partial charge in [-0.1, -0.05) is 12.0 Å². The van der Waals surface area contributed by atoms with Crippen molar-refractivity contribution < 1.29 is 0 Å². The fourth-order valence-corrected chi connectivity index (χ4v) is 2.07. The molecule has 3 aromatic rings. The molecule has 5 N–H and O–H groups in total. The zero-order valence-corrected chi connectivity index (χ0v) is 10.0. The Labute approximate surface area is 109 Å². The molecule has 0 aliphatic carbocycles. The third-order valence-corrected chi connectivity index (χ3v) is 3.03. The topological polar surface area (TPSA) is 93.6 Å². The van der Waals surface area contributed by atoms with Crippen LogP contribution in [0.5, 0.6) is 0 Å². The fourth-order valence-electron chi connectivity index (χ4n) is 2.07. The Bertz CT molecular complexity index is 810. The van der Waals surface area contributed by atoms with E-state index in [1.54, 1.807) is 6.20 Å². The van der Waals surface area contributed by atoms with Crippen molar-refractivity contribution in [3.63, 3.8) is 0 Å². The maximum Gasteiger partial charge on any atom is 0.153 e. The second kappa shape index (κ2) is 4.03. The molecule has 0 atom stereocenters. The number of H-pyrrole nitrogens is 1. The van der Waals surface area contributed by atoms with E-state index in [1.165, 1.54) is 0 Å². The minimum Gasteiger partial charge on any atom is -0.383 e. The second-order valence-corrected chi connectivity index (χ2v) is 4.13. The highest BCUT2D eigenvalue weighted by molar-refractivity contribution is 5.93. The molecular weight excluding hydrogens is 238 g/mol. The molecule has 0 aliphatic rings. The summed E-state index contributed by atoms with van der Waals surface area (Å²) in [7, 11) is 0. The number of pyridine rings is 1. The van der Waals surface area contributed by atoms with Crippen molar-refractivity contribution >= 4 is 22.5 Å². The first-order valence-electron chi connectivity index (χ1n) is 5.66. The van der Waals surface area contributed by atoms with Gasteiger partial charge in [0, 0.05) is 17.1 Å². The number of benzene rings is 1. The lowest BCUT2D eigenvalue weighted by molar-refractivity contribution is 1.13.